The first-order chi connectivity index (χ1) is 20.4. The Morgan fingerprint density at radius 3 is 2.27 bits per heavy atom. The second kappa shape index (κ2) is 15.6. The summed E-state index contributed by atoms with van der Waals surface area (Å²) < 4.78 is 5.25. The molecule has 2 aromatic rings. The Bertz CT molecular complexity index is 1290. The van der Waals surface area contributed by atoms with Gasteiger partial charge >= 0.3 is 6.09 Å². The lowest BCUT2D eigenvalue weighted by molar-refractivity contribution is -0.126. The van der Waals surface area contributed by atoms with Gasteiger partial charge in [-0.15, -0.1) is 10.2 Å². The van der Waals surface area contributed by atoms with Crippen molar-refractivity contribution in [2.45, 2.75) is 93.2 Å². The molecule has 1 aromatic heterocycles. The number of aryl methyl sites for hydroxylation is 1. The van der Waals surface area contributed by atoms with E-state index in [-0.39, 0.29) is 42.7 Å². The number of hydrogen-bond donors (Lipinski definition) is 3. The molecule has 0 radical (unpaired) electrons. The Morgan fingerprint density at radius 2 is 1.70 bits per heavy atom. The molecular weight excluding hydrogens is 564 g/mol. The Labute approximate surface area is 260 Å². The number of rotatable bonds is 13. The molecule has 4 amide bonds. The van der Waals surface area contributed by atoms with Gasteiger partial charge in [-0.3, -0.25) is 14.4 Å². The zero-order valence-electron chi connectivity index (χ0n) is 27.9. The number of ether oxygens (including phenoxy) is 1. The summed E-state index contributed by atoms with van der Waals surface area (Å²) >= 11 is 0. The fourth-order valence-corrected chi connectivity index (χ4v) is 4.91. The van der Waals surface area contributed by atoms with Crippen molar-refractivity contribution >= 4 is 29.5 Å². The predicted octanol–water partition coefficient (Wildman–Crippen LogP) is 4.15. The minimum absolute atomic E-state index is 0.0874. The molecule has 2 atom stereocenters. The van der Waals surface area contributed by atoms with Crippen LogP contribution in [0, 0.1) is 18.3 Å². The monoisotopic (exact) mass is 614 g/mol. The minimum atomic E-state index is -1.17. The van der Waals surface area contributed by atoms with Gasteiger partial charge in [0.25, 0.3) is 11.8 Å². The molecule has 3 N–H and O–H groups in total. The van der Waals surface area contributed by atoms with Gasteiger partial charge in [0.2, 0.25) is 11.7 Å². The van der Waals surface area contributed by atoms with Gasteiger partial charge in [0, 0.05) is 37.8 Å². The fourth-order valence-electron chi connectivity index (χ4n) is 4.91. The van der Waals surface area contributed by atoms with Crippen LogP contribution >= 0.6 is 0 Å². The van der Waals surface area contributed by atoms with Gasteiger partial charge in [-0.05, 0) is 81.2 Å². The normalized spacial score (nSPS) is 13.0. The highest BCUT2D eigenvalue weighted by Gasteiger charge is 2.36. The van der Waals surface area contributed by atoms with Crippen LogP contribution in [0.2, 0.25) is 0 Å². The summed E-state index contributed by atoms with van der Waals surface area (Å²) in [7, 11) is 1.59. The molecule has 2 unspecified atom stereocenters. The number of nitrogens with zero attached hydrogens (tertiary/aromatic N) is 5. The lowest BCUT2D eigenvalue weighted by atomic mass is 9.84. The van der Waals surface area contributed by atoms with E-state index >= 15 is 0 Å². The highest BCUT2D eigenvalue weighted by Crippen LogP contribution is 2.29. The topological polar surface area (TPSA) is 160 Å². The number of benzene rings is 1. The molecule has 44 heavy (non-hydrogen) atoms. The molecule has 244 valence electrons. The van der Waals surface area contributed by atoms with Crippen LogP contribution in [-0.2, 0) is 21.4 Å². The van der Waals surface area contributed by atoms with Gasteiger partial charge < -0.3 is 25.6 Å². The van der Waals surface area contributed by atoms with Gasteiger partial charge in [0.05, 0.1) is 7.05 Å². The summed E-state index contributed by atoms with van der Waals surface area (Å²) in [6.07, 6.45) is 1.46. The van der Waals surface area contributed by atoms with Gasteiger partial charge in [-0.25, -0.2) is 4.79 Å². The Hall–Kier alpha value is -4.03. The molecule has 0 saturated heterocycles. The van der Waals surface area contributed by atoms with Gasteiger partial charge in [-0.1, -0.05) is 33.8 Å². The van der Waals surface area contributed by atoms with E-state index in [1.807, 2.05) is 0 Å². The van der Waals surface area contributed by atoms with Gasteiger partial charge in [0.1, 0.15) is 5.60 Å². The molecule has 0 aliphatic rings. The molecule has 0 saturated carbocycles. The van der Waals surface area contributed by atoms with Crippen molar-refractivity contribution in [2.24, 2.45) is 18.4 Å². The standard InChI is InChI=1S/C31H50N8O5/c1-20(19-30(4,5)6)15-18-39(28(42)23-13-11-14-24(21(23)2)34-22(3)40)25(26-35-37-38(10)36-26)27(41)32-16-12-17-33-29(43)44-31(7,8)9/h11,13-14,20,25H,12,15-19H2,1-10H3,(H,32,41)(H,33,43)(H,34,40). The van der Waals surface area contributed by atoms with Crippen LogP contribution in [-0.4, -0.2) is 74.2 Å². The van der Waals surface area contributed by atoms with E-state index in [0.717, 1.165) is 6.42 Å². The minimum Gasteiger partial charge on any atom is -0.444 e. The number of alkyl carbamates (subject to hydrolysis) is 1. The maximum atomic E-state index is 14.3. The number of hydrogen-bond acceptors (Lipinski definition) is 8. The van der Waals surface area contributed by atoms with Crippen molar-refractivity contribution in [1.82, 2.24) is 35.7 Å². The van der Waals surface area contributed by atoms with Crippen molar-refractivity contribution in [3.8, 4) is 0 Å². The average molecular weight is 615 g/mol. The maximum Gasteiger partial charge on any atom is 0.407 e. The molecule has 1 aromatic carbocycles. The van der Waals surface area contributed by atoms with E-state index in [0.29, 0.717) is 29.7 Å². The molecular formula is C31H50N8O5. The number of carbonyl (C=O) groups excluding carboxylic acids is 4. The molecule has 0 aliphatic heterocycles. The molecule has 1 heterocycles. The SMILES string of the molecule is CC(=O)Nc1cccc(C(=O)N(CCC(C)CC(C)(C)C)C(C(=O)NCCCNC(=O)OC(C)(C)C)c2nnn(C)n2)c1C. The third-order valence-corrected chi connectivity index (χ3v) is 6.61. The van der Waals surface area contributed by atoms with Crippen molar-refractivity contribution in [3.63, 3.8) is 0 Å². The number of amides is 4. The van der Waals surface area contributed by atoms with Crippen LogP contribution in [0.4, 0.5) is 10.5 Å². The predicted molar refractivity (Wildman–Crippen MR) is 168 cm³/mol. The van der Waals surface area contributed by atoms with E-state index in [2.05, 4.69) is 59.1 Å². The quantitative estimate of drug-likeness (QED) is 0.284. The highest BCUT2D eigenvalue weighted by atomic mass is 16.6. The van der Waals surface area contributed by atoms with Crippen LogP contribution < -0.4 is 16.0 Å². The van der Waals surface area contributed by atoms with E-state index in [4.69, 9.17) is 4.74 Å². The Morgan fingerprint density at radius 1 is 1.05 bits per heavy atom. The Balaban J connectivity index is 2.37. The average Bonchev–Trinajstić information content (AvgIpc) is 3.30. The first-order valence-electron chi connectivity index (χ1n) is 15.0. The summed E-state index contributed by atoms with van der Waals surface area (Å²) in [4.78, 5) is 54.6. The second-order valence-electron chi connectivity index (χ2n) is 13.4. The van der Waals surface area contributed by atoms with Crippen molar-refractivity contribution in [1.29, 1.82) is 0 Å². The second-order valence-corrected chi connectivity index (χ2v) is 13.4. The lowest BCUT2D eigenvalue weighted by Gasteiger charge is -2.32. The number of anilines is 1. The smallest absolute Gasteiger partial charge is 0.407 e. The van der Waals surface area contributed by atoms with Crippen LogP contribution in [0.3, 0.4) is 0 Å². The summed E-state index contributed by atoms with van der Waals surface area (Å²) in [6.45, 7) is 17.9. The van der Waals surface area contributed by atoms with E-state index < -0.39 is 29.6 Å². The molecule has 0 fully saturated rings. The molecule has 0 aliphatic carbocycles. The number of carbonyl (C=O) groups is 4. The van der Waals surface area contributed by atoms with Crippen molar-refractivity contribution < 1.29 is 23.9 Å². The van der Waals surface area contributed by atoms with Crippen molar-refractivity contribution in [3.05, 3.63) is 35.2 Å². The van der Waals surface area contributed by atoms with Crippen LogP contribution in [0.1, 0.15) is 102 Å². The number of nitrogens with one attached hydrogen (secondary N) is 3. The molecule has 0 bridgehead atoms. The Kier molecular flexibility index (Phi) is 12.8. The van der Waals surface area contributed by atoms with Gasteiger partial charge in [-0.2, -0.15) is 4.80 Å². The third-order valence-electron chi connectivity index (χ3n) is 6.61. The fraction of sp³-hybridized carbons (Fsp3) is 0.645. The lowest BCUT2D eigenvalue weighted by Crippen LogP contribution is -2.46. The van der Waals surface area contributed by atoms with Crippen LogP contribution in [0.25, 0.3) is 0 Å². The molecule has 2 rings (SSSR count). The highest BCUT2D eigenvalue weighted by molar-refractivity contribution is 6.01. The first-order valence-corrected chi connectivity index (χ1v) is 15.0. The number of tetrazole rings is 1. The summed E-state index contributed by atoms with van der Waals surface area (Å²) in [5.41, 5.74) is 0.924. The summed E-state index contributed by atoms with van der Waals surface area (Å²) in [5.74, 6) is -0.772. The molecule has 0 spiro atoms. The van der Waals surface area contributed by atoms with E-state index in [1.165, 1.54) is 16.6 Å². The first kappa shape index (κ1) is 36.2. The van der Waals surface area contributed by atoms with Crippen LogP contribution in [0.5, 0.6) is 0 Å². The third kappa shape index (κ3) is 11.9. The molecule has 13 heteroatoms. The zero-order chi connectivity index (χ0) is 33.2. The zero-order valence-corrected chi connectivity index (χ0v) is 27.9. The summed E-state index contributed by atoms with van der Waals surface area (Å²) in [5, 5.41) is 20.7. The molecule has 13 nitrogen and oxygen atoms in total. The maximum absolute atomic E-state index is 14.3. The summed E-state index contributed by atoms with van der Waals surface area (Å²) in [6, 6.07) is 3.93. The van der Waals surface area contributed by atoms with E-state index in [9.17, 15) is 19.2 Å². The van der Waals surface area contributed by atoms with E-state index in [1.54, 1.807) is 52.9 Å². The van der Waals surface area contributed by atoms with Crippen LogP contribution in [0.15, 0.2) is 18.2 Å². The number of aromatic nitrogens is 4. The van der Waals surface area contributed by atoms with Gasteiger partial charge in [0.15, 0.2) is 6.04 Å². The van der Waals surface area contributed by atoms with Crippen molar-refractivity contribution in [2.75, 3.05) is 25.0 Å². The largest absolute Gasteiger partial charge is 0.444 e.